The highest BCUT2D eigenvalue weighted by atomic mass is 16.5. The maximum Gasteiger partial charge on any atom is 0.328 e. The number of carbonyl (C=O) groups is 5. The van der Waals surface area contributed by atoms with Gasteiger partial charge in [-0.25, -0.2) is 4.79 Å². The molecule has 1 heterocycles. The van der Waals surface area contributed by atoms with Crippen LogP contribution in [-0.2, 0) is 51.2 Å². The standard InChI is InChI=1S/C45H52N4O11/c1-26(51)47-40-42(55)41(54)35(24-50)60-44(40)49-34(23-37(53)59-25-27-9-4-3-5-10-27)43(56)48-33(45(57)58-2)13-6-7-22-46-36(52)21-19-28-14-15-31-17-16-29-11-8-12-30-18-20-32(28)39(31)38(29)30/h3-5,8-12,14-18,20,33-35,40-42,44,49-50,54-55H,6-7,13,19,21-25H2,1-2H3,(H,46,52)(H,47,51)(H,48,56)/t33-,34-,35+,40+,41+,42+,44+/m0/s1. The molecule has 5 aromatic rings. The number of aliphatic hydroxyl groups is 3. The molecule has 0 saturated carbocycles. The van der Waals surface area contributed by atoms with Crippen molar-refractivity contribution in [3.05, 3.63) is 96.1 Å². The Balaban J connectivity index is 1.05. The van der Waals surface area contributed by atoms with E-state index >= 15 is 0 Å². The zero-order chi connectivity index (χ0) is 42.8. The number of aliphatic hydroxyl groups excluding tert-OH is 3. The number of carbonyl (C=O) groups excluding carboxylic acids is 5. The summed E-state index contributed by atoms with van der Waals surface area (Å²) >= 11 is 0. The van der Waals surface area contributed by atoms with Crippen molar-refractivity contribution >= 4 is 62.0 Å². The summed E-state index contributed by atoms with van der Waals surface area (Å²) in [6.45, 7) is 0.730. The van der Waals surface area contributed by atoms with Crippen LogP contribution in [0.2, 0.25) is 0 Å². The molecule has 5 aromatic carbocycles. The van der Waals surface area contributed by atoms with Crippen molar-refractivity contribution in [2.24, 2.45) is 0 Å². The Labute approximate surface area is 347 Å². The Morgan fingerprint density at radius 1 is 0.817 bits per heavy atom. The molecule has 1 aliphatic heterocycles. The van der Waals surface area contributed by atoms with Gasteiger partial charge in [-0.05, 0) is 69.1 Å². The third kappa shape index (κ3) is 10.7. The van der Waals surface area contributed by atoms with Crippen molar-refractivity contribution in [1.82, 2.24) is 21.3 Å². The van der Waals surface area contributed by atoms with Gasteiger partial charge in [-0.2, -0.15) is 0 Å². The molecule has 7 atom stereocenters. The van der Waals surface area contributed by atoms with Gasteiger partial charge in [-0.3, -0.25) is 24.5 Å². The predicted octanol–water partition coefficient (Wildman–Crippen LogP) is 2.50. The molecule has 1 saturated heterocycles. The van der Waals surface area contributed by atoms with Gasteiger partial charge >= 0.3 is 11.9 Å². The first-order valence-electron chi connectivity index (χ1n) is 20.1. The molecule has 0 aliphatic carbocycles. The minimum Gasteiger partial charge on any atom is -0.467 e. The molecular formula is C45H52N4O11. The monoisotopic (exact) mass is 824 g/mol. The predicted molar refractivity (Wildman–Crippen MR) is 222 cm³/mol. The highest BCUT2D eigenvalue weighted by Crippen LogP contribution is 2.36. The molecule has 1 aliphatic rings. The van der Waals surface area contributed by atoms with Crippen LogP contribution >= 0.6 is 0 Å². The van der Waals surface area contributed by atoms with Crippen molar-refractivity contribution in [1.29, 1.82) is 0 Å². The van der Waals surface area contributed by atoms with Crippen LogP contribution in [0.25, 0.3) is 32.3 Å². The van der Waals surface area contributed by atoms with Crippen molar-refractivity contribution in [2.75, 3.05) is 20.3 Å². The quantitative estimate of drug-likeness (QED) is 0.0363. The zero-order valence-electron chi connectivity index (χ0n) is 33.6. The zero-order valence-corrected chi connectivity index (χ0v) is 33.6. The minimum absolute atomic E-state index is 0.0821. The third-order valence-electron chi connectivity index (χ3n) is 10.9. The Bertz CT molecular complexity index is 2250. The summed E-state index contributed by atoms with van der Waals surface area (Å²) in [5.41, 5.74) is 1.79. The van der Waals surface area contributed by atoms with Crippen LogP contribution < -0.4 is 21.3 Å². The number of esters is 2. The smallest absolute Gasteiger partial charge is 0.328 e. The molecular weight excluding hydrogens is 773 g/mol. The van der Waals surface area contributed by atoms with E-state index in [0.717, 1.165) is 16.3 Å². The Morgan fingerprint density at radius 2 is 1.52 bits per heavy atom. The first kappa shape index (κ1) is 43.9. The van der Waals surface area contributed by atoms with Crippen LogP contribution in [0.15, 0.2) is 84.9 Å². The van der Waals surface area contributed by atoms with Gasteiger partial charge in [0.15, 0.2) is 0 Å². The van der Waals surface area contributed by atoms with E-state index in [4.69, 9.17) is 14.2 Å². The van der Waals surface area contributed by atoms with E-state index in [2.05, 4.69) is 75.9 Å². The van der Waals surface area contributed by atoms with E-state index in [-0.39, 0.29) is 25.4 Å². The number of hydrogen-bond donors (Lipinski definition) is 7. The molecule has 318 valence electrons. The van der Waals surface area contributed by atoms with Crippen molar-refractivity contribution < 1.29 is 53.5 Å². The lowest BCUT2D eigenvalue weighted by Gasteiger charge is -2.43. The SMILES string of the molecule is COC(=O)[C@H](CCCCNC(=O)CCc1ccc2ccc3cccc4ccc1c2c34)NC(=O)[C@H](CC(=O)OCc1ccccc1)N[C@@H]1O[C@H](CO)[C@@H](O)[C@H](O)[C@H]1NC(C)=O. The van der Waals surface area contributed by atoms with Crippen molar-refractivity contribution in [2.45, 2.75) is 94.7 Å². The van der Waals surface area contributed by atoms with E-state index in [9.17, 15) is 39.3 Å². The van der Waals surface area contributed by atoms with Crippen LogP contribution in [-0.4, -0.2) is 108 Å². The van der Waals surface area contributed by atoms with Gasteiger partial charge in [0, 0.05) is 19.9 Å². The number of unbranched alkanes of at least 4 members (excludes halogenated alkanes) is 1. The van der Waals surface area contributed by atoms with Gasteiger partial charge in [0.25, 0.3) is 0 Å². The fourth-order valence-corrected chi connectivity index (χ4v) is 7.76. The highest BCUT2D eigenvalue weighted by molar-refractivity contribution is 6.23. The van der Waals surface area contributed by atoms with Crippen LogP contribution in [0.5, 0.6) is 0 Å². The molecule has 0 bridgehead atoms. The summed E-state index contributed by atoms with van der Waals surface area (Å²) in [5, 5.41) is 49.0. The molecule has 0 spiro atoms. The molecule has 60 heavy (non-hydrogen) atoms. The molecule has 1 fully saturated rings. The fourth-order valence-electron chi connectivity index (χ4n) is 7.76. The lowest BCUT2D eigenvalue weighted by molar-refractivity contribution is -0.205. The average Bonchev–Trinajstić information content (AvgIpc) is 3.25. The highest BCUT2D eigenvalue weighted by Gasteiger charge is 2.46. The minimum atomic E-state index is -1.62. The Hall–Kier alpha value is -5.71. The molecule has 7 N–H and O–H groups in total. The summed E-state index contributed by atoms with van der Waals surface area (Å²) in [6, 6.07) is 23.9. The second-order valence-corrected chi connectivity index (χ2v) is 15.1. The number of ether oxygens (including phenoxy) is 3. The maximum atomic E-state index is 13.9. The fraction of sp³-hybridized carbons (Fsp3) is 0.400. The van der Waals surface area contributed by atoms with Gasteiger partial charge in [-0.1, -0.05) is 84.9 Å². The number of benzene rings is 5. The number of rotatable bonds is 19. The second-order valence-electron chi connectivity index (χ2n) is 15.1. The largest absolute Gasteiger partial charge is 0.467 e. The number of aryl methyl sites for hydroxylation is 1. The lowest BCUT2D eigenvalue weighted by atomic mass is 9.91. The third-order valence-corrected chi connectivity index (χ3v) is 10.9. The molecule has 3 amide bonds. The normalized spacial score (nSPS) is 20.1. The lowest BCUT2D eigenvalue weighted by Crippen LogP contribution is -2.69. The summed E-state index contributed by atoms with van der Waals surface area (Å²) < 4.78 is 16.1. The second kappa shape index (κ2) is 20.5. The molecule has 0 radical (unpaired) electrons. The first-order chi connectivity index (χ1) is 29.0. The number of methoxy groups -OCH3 is 1. The van der Waals surface area contributed by atoms with Crippen molar-refractivity contribution in [3.63, 3.8) is 0 Å². The van der Waals surface area contributed by atoms with E-state index in [1.54, 1.807) is 30.3 Å². The van der Waals surface area contributed by atoms with E-state index < -0.39 is 79.4 Å². The van der Waals surface area contributed by atoms with E-state index in [0.29, 0.717) is 31.4 Å². The van der Waals surface area contributed by atoms with Gasteiger partial charge < -0.3 is 45.5 Å². The number of hydrogen-bond acceptors (Lipinski definition) is 12. The molecule has 6 rings (SSSR count). The van der Waals surface area contributed by atoms with Gasteiger partial charge in [0.2, 0.25) is 17.7 Å². The maximum absolute atomic E-state index is 13.9. The van der Waals surface area contributed by atoms with Crippen LogP contribution in [0.4, 0.5) is 0 Å². The van der Waals surface area contributed by atoms with Crippen LogP contribution in [0.3, 0.4) is 0 Å². The summed E-state index contributed by atoms with van der Waals surface area (Å²) in [4.78, 5) is 64.8. The van der Waals surface area contributed by atoms with E-state index in [1.807, 2.05) is 0 Å². The van der Waals surface area contributed by atoms with Crippen molar-refractivity contribution in [3.8, 4) is 0 Å². The van der Waals surface area contributed by atoms with Gasteiger partial charge in [-0.15, -0.1) is 0 Å². The average molecular weight is 825 g/mol. The topological polar surface area (TPSA) is 222 Å². The molecule has 15 nitrogen and oxygen atoms in total. The van der Waals surface area contributed by atoms with Gasteiger partial charge in [0.05, 0.1) is 32.2 Å². The molecule has 0 unspecified atom stereocenters. The Morgan fingerprint density at radius 3 is 2.22 bits per heavy atom. The summed E-state index contributed by atoms with van der Waals surface area (Å²) in [5.74, 6) is -3.06. The van der Waals surface area contributed by atoms with Crippen LogP contribution in [0, 0.1) is 0 Å². The first-order valence-corrected chi connectivity index (χ1v) is 20.1. The number of nitrogens with one attached hydrogen (secondary N) is 4. The summed E-state index contributed by atoms with van der Waals surface area (Å²) in [6.07, 6.45) is -4.58. The molecule has 0 aromatic heterocycles. The number of amides is 3. The van der Waals surface area contributed by atoms with Crippen LogP contribution in [0.1, 0.15) is 50.2 Å². The summed E-state index contributed by atoms with van der Waals surface area (Å²) in [7, 11) is 1.18. The van der Waals surface area contributed by atoms with E-state index in [1.165, 1.54) is 35.6 Å². The van der Waals surface area contributed by atoms with Gasteiger partial charge in [0.1, 0.15) is 37.2 Å². The Kier molecular flexibility index (Phi) is 15.0. The molecule has 15 heteroatoms.